The van der Waals surface area contributed by atoms with E-state index in [1.54, 1.807) is 31.2 Å². The highest BCUT2D eigenvalue weighted by Gasteiger charge is 2.20. The number of benzene rings is 2. The molecule has 2 aromatic carbocycles. The molecule has 0 atom stereocenters. The third-order valence-corrected chi connectivity index (χ3v) is 5.22. The molecule has 1 aliphatic heterocycles. The molecular formula is C15H13ClN2O3S. The van der Waals surface area contributed by atoms with Crippen LogP contribution in [0.1, 0.15) is 11.1 Å². The van der Waals surface area contributed by atoms with Crippen LogP contribution in [0.4, 0.5) is 11.4 Å². The zero-order valence-corrected chi connectivity index (χ0v) is 13.3. The van der Waals surface area contributed by atoms with Crippen LogP contribution in [-0.2, 0) is 21.2 Å². The quantitative estimate of drug-likeness (QED) is 0.904. The van der Waals surface area contributed by atoms with Gasteiger partial charge in [-0.2, -0.15) is 0 Å². The first-order valence-corrected chi connectivity index (χ1v) is 8.43. The van der Waals surface area contributed by atoms with Crippen LogP contribution in [0.15, 0.2) is 41.3 Å². The van der Waals surface area contributed by atoms with Gasteiger partial charge in [-0.1, -0.05) is 17.7 Å². The van der Waals surface area contributed by atoms with Crippen LogP contribution in [0.3, 0.4) is 0 Å². The Morgan fingerprint density at radius 3 is 2.68 bits per heavy atom. The van der Waals surface area contributed by atoms with E-state index in [2.05, 4.69) is 10.0 Å². The van der Waals surface area contributed by atoms with Crippen molar-refractivity contribution in [2.24, 2.45) is 0 Å². The van der Waals surface area contributed by atoms with Crippen LogP contribution >= 0.6 is 11.6 Å². The van der Waals surface area contributed by atoms with E-state index in [0.29, 0.717) is 16.4 Å². The van der Waals surface area contributed by atoms with Crippen LogP contribution in [0.2, 0.25) is 5.02 Å². The van der Waals surface area contributed by atoms with E-state index in [1.807, 2.05) is 0 Å². The van der Waals surface area contributed by atoms with Crippen LogP contribution < -0.4 is 10.0 Å². The van der Waals surface area contributed by atoms with E-state index in [9.17, 15) is 13.2 Å². The van der Waals surface area contributed by atoms with Gasteiger partial charge in [0, 0.05) is 16.4 Å². The Bertz CT molecular complexity index is 878. The average molecular weight is 337 g/mol. The summed E-state index contributed by atoms with van der Waals surface area (Å²) in [6, 6.07) is 9.51. The van der Waals surface area contributed by atoms with E-state index in [4.69, 9.17) is 11.6 Å². The molecule has 1 aliphatic rings. The summed E-state index contributed by atoms with van der Waals surface area (Å²) in [5.74, 6) is -0.0969. The molecule has 1 heterocycles. The number of sulfonamides is 1. The maximum Gasteiger partial charge on any atom is 0.261 e. The van der Waals surface area contributed by atoms with Crippen LogP contribution in [0.25, 0.3) is 0 Å². The van der Waals surface area contributed by atoms with Crippen molar-refractivity contribution in [1.29, 1.82) is 0 Å². The van der Waals surface area contributed by atoms with Gasteiger partial charge in [-0.3, -0.25) is 9.52 Å². The molecule has 2 aromatic rings. The fourth-order valence-electron chi connectivity index (χ4n) is 2.25. The first kappa shape index (κ1) is 14.9. The van der Waals surface area contributed by atoms with E-state index >= 15 is 0 Å². The topological polar surface area (TPSA) is 75.3 Å². The molecule has 2 N–H and O–H groups in total. The van der Waals surface area contributed by atoms with Gasteiger partial charge in [-0.15, -0.1) is 0 Å². The number of anilines is 2. The lowest BCUT2D eigenvalue weighted by Crippen LogP contribution is -2.13. The van der Waals surface area contributed by atoms with Crippen molar-refractivity contribution in [3.63, 3.8) is 0 Å². The van der Waals surface area contributed by atoms with E-state index in [1.165, 1.54) is 12.1 Å². The van der Waals surface area contributed by atoms with E-state index in [0.717, 1.165) is 11.1 Å². The number of hydrogen-bond acceptors (Lipinski definition) is 3. The van der Waals surface area contributed by atoms with E-state index < -0.39 is 10.0 Å². The molecule has 3 rings (SSSR count). The minimum absolute atomic E-state index is 0.0952. The number of aryl methyl sites for hydroxylation is 1. The van der Waals surface area contributed by atoms with Gasteiger partial charge >= 0.3 is 0 Å². The minimum atomic E-state index is -3.72. The third-order valence-electron chi connectivity index (χ3n) is 3.44. The Labute approximate surface area is 133 Å². The highest BCUT2D eigenvalue weighted by atomic mass is 35.5. The molecule has 0 fully saturated rings. The van der Waals surface area contributed by atoms with Gasteiger partial charge < -0.3 is 5.32 Å². The fraction of sp³-hybridized carbons (Fsp3) is 0.133. The lowest BCUT2D eigenvalue weighted by molar-refractivity contribution is -0.115. The molecular weight excluding hydrogens is 324 g/mol. The first-order valence-electron chi connectivity index (χ1n) is 6.57. The molecule has 0 aliphatic carbocycles. The van der Waals surface area contributed by atoms with Crippen molar-refractivity contribution in [1.82, 2.24) is 0 Å². The third kappa shape index (κ3) is 2.80. The second kappa shape index (κ2) is 5.30. The highest BCUT2D eigenvalue weighted by molar-refractivity contribution is 7.92. The molecule has 0 radical (unpaired) electrons. The number of halogens is 1. The zero-order valence-electron chi connectivity index (χ0n) is 11.7. The summed E-state index contributed by atoms with van der Waals surface area (Å²) in [5.41, 5.74) is 2.70. The summed E-state index contributed by atoms with van der Waals surface area (Å²) < 4.78 is 27.3. The number of fused-ring (bicyclic) bond motifs is 1. The average Bonchev–Trinajstić information content (AvgIpc) is 2.80. The molecule has 0 saturated heterocycles. The lowest BCUT2D eigenvalue weighted by atomic mass is 10.1. The predicted molar refractivity (Wildman–Crippen MR) is 85.8 cm³/mol. The second-order valence-corrected chi connectivity index (χ2v) is 7.20. The molecule has 0 aromatic heterocycles. The van der Waals surface area contributed by atoms with E-state index in [-0.39, 0.29) is 17.2 Å². The molecule has 0 spiro atoms. The summed E-state index contributed by atoms with van der Waals surface area (Å²) >= 11 is 5.98. The molecule has 5 nitrogen and oxygen atoms in total. The molecule has 0 saturated carbocycles. The van der Waals surface area contributed by atoms with Gasteiger partial charge in [0.2, 0.25) is 5.91 Å². The normalized spacial score (nSPS) is 13.6. The van der Waals surface area contributed by atoms with Crippen LogP contribution in [0.5, 0.6) is 0 Å². The van der Waals surface area contributed by atoms with Crippen molar-refractivity contribution in [3.8, 4) is 0 Å². The summed E-state index contributed by atoms with van der Waals surface area (Å²) in [4.78, 5) is 11.4. The first-order chi connectivity index (χ1) is 10.3. The summed E-state index contributed by atoms with van der Waals surface area (Å²) in [6.45, 7) is 1.80. The zero-order chi connectivity index (χ0) is 15.9. The standard InChI is InChI=1S/C15H13ClN2O3S/c1-9-2-4-12(8-13(9)16)22(20,21)18-11-3-5-14-10(6-11)7-15(19)17-14/h2-6,8,18H,7H2,1H3,(H,17,19). The summed E-state index contributed by atoms with van der Waals surface area (Å²) in [7, 11) is -3.72. The van der Waals surface area contributed by atoms with Crippen molar-refractivity contribution >= 4 is 38.9 Å². The summed E-state index contributed by atoms with van der Waals surface area (Å²) in [6.07, 6.45) is 0.251. The number of hydrogen-bond donors (Lipinski definition) is 2. The number of carbonyl (C=O) groups excluding carboxylic acids is 1. The Morgan fingerprint density at radius 1 is 1.18 bits per heavy atom. The molecule has 7 heteroatoms. The maximum atomic E-state index is 12.4. The molecule has 1 amide bonds. The number of nitrogens with one attached hydrogen (secondary N) is 2. The van der Waals surface area contributed by atoms with Crippen molar-refractivity contribution in [2.75, 3.05) is 10.0 Å². The van der Waals surface area contributed by atoms with Gasteiger partial charge in [-0.05, 0) is 48.4 Å². The monoisotopic (exact) mass is 336 g/mol. The highest BCUT2D eigenvalue weighted by Crippen LogP contribution is 2.28. The van der Waals surface area contributed by atoms with Gasteiger partial charge in [0.25, 0.3) is 10.0 Å². The SMILES string of the molecule is Cc1ccc(S(=O)(=O)Nc2ccc3c(c2)CC(=O)N3)cc1Cl. The lowest BCUT2D eigenvalue weighted by Gasteiger charge is -2.10. The van der Waals surface area contributed by atoms with Gasteiger partial charge in [0.1, 0.15) is 0 Å². The van der Waals surface area contributed by atoms with Crippen LogP contribution in [0, 0.1) is 6.92 Å². The smallest absolute Gasteiger partial charge is 0.261 e. The predicted octanol–water partition coefficient (Wildman–Crippen LogP) is 2.94. The molecule has 114 valence electrons. The van der Waals surface area contributed by atoms with Gasteiger partial charge in [-0.25, -0.2) is 8.42 Å². The number of amides is 1. The Hall–Kier alpha value is -2.05. The number of carbonyl (C=O) groups is 1. The summed E-state index contributed by atoms with van der Waals surface area (Å²) in [5, 5.41) is 3.09. The van der Waals surface area contributed by atoms with Gasteiger partial charge in [0.05, 0.1) is 11.3 Å². The van der Waals surface area contributed by atoms with Crippen LogP contribution in [-0.4, -0.2) is 14.3 Å². The molecule has 0 unspecified atom stereocenters. The van der Waals surface area contributed by atoms with Crippen molar-refractivity contribution < 1.29 is 13.2 Å². The largest absolute Gasteiger partial charge is 0.326 e. The number of rotatable bonds is 3. The molecule has 22 heavy (non-hydrogen) atoms. The Balaban J connectivity index is 1.90. The second-order valence-electron chi connectivity index (χ2n) is 5.11. The maximum absolute atomic E-state index is 12.4. The Morgan fingerprint density at radius 2 is 1.95 bits per heavy atom. The van der Waals surface area contributed by atoms with Gasteiger partial charge in [0.15, 0.2) is 0 Å². The Kier molecular flexibility index (Phi) is 3.58. The molecule has 0 bridgehead atoms. The van der Waals surface area contributed by atoms with Crippen molar-refractivity contribution in [2.45, 2.75) is 18.2 Å². The fourth-order valence-corrected chi connectivity index (χ4v) is 3.57. The minimum Gasteiger partial charge on any atom is -0.326 e. The van der Waals surface area contributed by atoms with Crippen molar-refractivity contribution in [3.05, 3.63) is 52.5 Å².